The van der Waals surface area contributed by atoms with E-state index in [1.807, 2.05) is 24.5 Å². The summed E-state index contributed by atoms with van der Waals surface area (Å²) in [5.74, 6) is 0. The Morgan fingerprint density at radius 3 is 2.41 bits per heavy atom. The molecular weight excluding hydrogens is 502 g/mol. The Labute approximate surface area is 234 Å². The van der Waals surface area contributed by atoms with Crippen LogP contribution in [0.5, 0.6) is 0 Å². The molecule has 190 valence electrons. The molecule has 0 radical (unpaired) electrons. The Kier molecular flexibility index (Phi) is 3.92. The van der Waals surface area contributed by atoms with E-state index in [0.717, 1.165) is 45.2 Å². The van der Waals surface area contributed by atoms with Crippen LogP contribution in [0.1, 0.15) is 11.1 Å². The maximum absolute atomic E-state index is 5.11. The topological polar surface area (TPSA) is 48.0 Å². The molecular formula is C36H21N5. The second-order valence-electron chi connectivity index (χ2n) is 10.9. The predicted molar refractivity (Wildman–Crippen MR) is 166 cm³/mol. The van der Waals surface area contributed by atoms with Gasteiger partial charge in [-0.15, -0.1) is 0 Å². The minimum Gasteiger partial charge on any atom is -0.309 e. The fourth-order valence-electron chi connectivity index (χ4n) is 7.15. The van der Waals surface area contributed by atoms with E-state index in [-0.39, 0.29) is 0 Å². The van der Waals surface area contributed by atoms with Crippen LogP contribution in [-0.4, -0.2) is 23.9 Å². The maximum atomic E-state index is 5.11. The Bertz CT molecular complexity index is 2550. The van der Waals surface area contributed by atoms with Crippen molar-refractivity contribution in [3.8, 4) is 16.8 Å². The van der Waals surface area contributed by atoms with Crippen LogP contribution >= 0.6 is 0 Å². The van der Waals surface area contributed by atoms with Gasteiger partial charge in [-0.3, -0.25) is 9.38 Å². The molecule has 0 N–H and O–H groups in total. The van der Waals surface area contributed by atoms with Crippen LogP contribution < -0.4 is 0 Å². The van der Waals surface area contributed by atoms with E-state index in [4.69, 9.17) is 9.97 Å². The SMILES string of the molecule is c1ccc(-n2c3cc4c(cc3c3c5c6cccnc6n6c7cnccc7nc6c5ccc32)Cc2ccccc2-4)cc1. The molecule has 4 aromatic carbocycles. The van der Waals surface area contributed by atoms with Crippen molar-refractivity contribution in [1.82, 2.24) is 23.9 Å². The van der Waals surface area contributed by atoms with Gasteiger partial charge in [0.25, 0.3) is 0 Å². The molecule has 1 aliphatic rings. The molecule has 10 rings (SSSR count). The highest BCUT2D eigenvalue weighted by molar-refractivity contribution is 6.30. The molecule has 0 amide bonds. The molecule has 5 aromatic heterocycles. The number of imidazole rings is 1. The van der Waals surface area contributed by atoms with Crippen molar-refractivity contribution >= 4 is 60.3 Å². The third-order valence-electron chi connectivity index (χ3n) is 8.82. The molecule has 0 spiro atoms. The van der Waals surface area contributed by atoms with Crippen LogP contribution in [0.2, 0.25) is 0 Å². The van der Waals surface area contributed by atoms with Gasteiger partial charge in [0.2, 0.25) is 0 Å². The van der Waals surface area contributed by atoms with Gasteiger partial charge in [0, 0.05) is 45.0 Å². The molecule has 0 saturated carbocycles. The van der Waals surface area contributed by atoms with E-state index >= 15 is 0 Å². The summed E-state index contributed by atoms with van der Waals surface area (Å²) in [7, 11) is 0. The largest absolute Gasteiger partial charge is 0.309 e. The first kappa shape index (κ1) is 21.3. The quantitative estimate of drug-likeness (QED) is 0.204. The van der Waals surface area contributed by atoms with Crippen LogP contribution in [0, 0.1) is 0 Å². The molecule has 5 heteroatoms. The number of benzene rings is 4. The summed E-state index contributed by atoms with van der Waals surface area (Å²) in [5.41, 5.74) is 12.7. The van der Waals surface area contributed by atoms with Crippen molar-refractivity contribution in [1.29, 1.82) is 0 Å². The highest BCUT2D eigenvalue weighted by Gasteiger charge is 2.24. The monoisotopic (exact) mass is 523 g/mol. The summed E-state index contributed by atoms with van der Waals surface area (Å²) < 4.78 is 4.58. The fraction of sp³-hybridized carbons (Fsp3) is 0.0278. The summed E-state index contributed by atoms with van der Waals surface area (Å²) >= 11 is 0. The number of para-hydroxylation sites is 1. The number of rotatable bonds is 1. The van der Waals surface area contributed by atoms with Crippen molar-refractivity contribution in [3.05, 3.63) is 127 Å². The number of hydrogen-bond donors (Lipinski definition) is 0. The number of pyridine rings is 3. The van der Waals surface area contributed by atoms with Gasteiger partial charge in [-0.25, -0.2) is 9.97 Å². The average molecular weight is 524 g/mol. The highest BCUT2D eigenvalue weighted by atomic mass is 15.1. The van der Waals surface area contributed by atoms with E-state index in [9.17, 15) is 0 Å². The molecule has 0 aliphatic heterocycles. The zero-order valence-electron chi connectivity index (χ0n) is 21.9. The summed E-state index contributed by atoms with van der Waals surface area (Å²) in [5, 5.41) is 5.92. The van der Waals surface area contributed by atoms with Gasteiger partial charge in [0.1, 0.15) is 11.3 Å². The standard InChI is InChI=1S/C36H21N5/c1-2-8-23(9-3-1)40-30-13-12-26-33(25-11-6-15-38-35(25)41-32-20-37-16-14-29(32)39-36(26)41)34(30)28-18-22-17-21-7-4-5-10-24(21)27(22)19-31(28)40/h1-16,18-20H,17H2. The van der Waals surface area contributed by atoms with E-state index in [1.165, 1.54) is 49.4 Å². The predicted octanol–water partition coefficient (Wildman–Crippen LogP) is 8.25. The first-order valence-corrected chi connectivity index (χ1v) is 13.9. The summed E-state index contributed by atoms with van der Waals surface area (Å²) in [6.07, 6.45) is 6.51. The van der Waals surface area contributed by atoms with E-state index in [2.05, 4.69) is 98.9 Å². The molecule has 9 aromatic rings. The van der Waals surface area contributed by atoms with E-state index in [1.54, 1.807) is 6.20 Å². The average Bonchev–Trinajstić information content (AvgIpc) is 3.69. The summed E-state index contributed by atoms with van der Waals surface area (Å²) in [6.45, 7) is 0. The van der Waals surface area contributed by atoms with Gasteiger partial charge < -0.3 is 4.57 Å². The van der Waals surface area contributed by atoms with Crippen LogP contribution in [0.15, 0.2) is 116 Å². The van der Waals surface area contributed by atoms with Gasteiger partial charge in [0.05, 0.1) is 28.3 Å². The lowest BCUT2D eigenvalue weighted by atomic mass is 9.99. The van der Waals surface area contributed by atoms with E-state index < -0.39 is 0 Å². The molecule has 1 aliphatic carbocycles. The molecule has 0 atom stereocenters. The Morgan fingerprint density at radius 2 is 1.46 bits per heavy atom. The lowest BCUT2D eigenvalue weighted by Crippen LogP contribution is -1.95. The first-order chi connectivity index (χ1) is 20.3. The zero-order chi connectivity index (χ0) is 26.7. The Hall–Kier alpha value is -5.55. The summed E-state index contributed by atoms with van der Waals surface area (Å²) in [4.78, 5) is 14.4. The van der Waals surface area contributed by atoms with Crippen molar-refractivity contribution in [2.45, 2.75) is 6.42 Å². The van der Waals surface area contributed by atoms with Crippen molar-refractivity contribution in [2.75, 3.05) is 0 Å². The van der Waals surface area contributed by atoms with E-state index in [0.29, 0.717) is 0 Å². The molecule has 0 unspecified atom stereocenters. The first-order valence-electron chi connectivity index (χ1n) is 13.9. The van der Waals surface area contributed by atoms with Crippen molar-refractivity contribution in [3.63, 3.8) is 0 Å². The number of aromatic nitrogens is 5. The lowest BCUT2D eigenvalue weighted by Gasteiger charge is -2.11. The number of nitrogens with zero attached hydrogens (tertiary/aromatic N) is 5. The second kappa shape index (κ2) is 7.55. The van der Waals surface area contributed by atoms with Crippen molar-refractivity contribution < 1.29 is 0 Å². The molecule has 0 saturated heterocycles. The van der Waals surface area contributed by atoms with Gasteiger partial charge in [-0.05, 0) is 83.3 Å². The molecule has 5 heterocycles. The van der Waals surface area contributed by atoms with Crippen LogP contribution in [0.25, 0.3) is 77.1 Å². The fourth-order valence-corrected chi connectivity index (χ4v) is 7.15. The number of fused-ring (bicyclic) bond motifs is 15. The van der Waals surface area contributed by atoms with Crippen LogP contribution in [0.4, 0.5) is 0 Å². The normalized spacial score (nSPS) is 12.8. The third kappa shape index (κ3) is 2.68. The lowest BCUT2D eigenvalue weighted by molar-refractivity contribution is 1.18. The maximum Gasteiger partial charge on any atom is 0.147 e. The molecule has 0 bridgehead atoms. The molecule has 41 heavy (non-hydrogen) atoms. The minimum absolute atomic E-state index is 0.896. The Balaban J connectivity index is 1.47. The molecule has 0 fully saturated rings. The smallest absolute Gasteiger partial charge is 0.147 e. The van der Waals surface area contributed by atoms with Gasteiger partial charge in [0.15, 0.2) is 0 Å². The third-order valence-corrected chi connectivity index (χ3v) is 8.82. The number of hydrogen-bond acceptors (Lipinski definition) is 3. The second-order valence-corrected chi connectivity index (χ2v) is 10.9. The van der Waals surface area contributed by atoms with Gasteiger partial charge in [-0.1, -0.05) is 42.5 Å². The van der Waals surface area contributed by atoms with Gasteiger partial charge >= 0.3 is 0 Å². The molecule has 5 nitrogen and oxygen atoms in total. The van der Waals surface area contributed by atoms with Crippen molar-refractivity contribution in [2.24, 2.45) is 0 Å². The van der Waals surface area contributed by atoms with Crippen LogP contribution in [0.3, 0.4) is 0 Å². The Morgan fingerprint density at radius 1 is 0.585 bits per heavy atom. The summed E-state index contributed by atoms with van der Waals surface area (Å²) in [6, 6.07) is 35.1. The highest BCUT2D eigenvalue weighted by Crippen LogP contribution is 2.45. The minimum atomic E-state index is 0.896. The zero-order valence-corrected chi connectivity index (χ0v) is 21.9. The van der Waals surface area contributed by atoms with Crippen LogP contribution in [-0.2, 0) is 6.42 Å². The van der Waals surface area contributed by atoms with Gasteiger partial charge in [-0.2, -0.15) is 0 Å².